The van der Waals surface area contributed by atoms with Crippen molar-refractivity contribution in [3.05, 3.63) is 35.1 Å². The van der Waals surface area contributed by atoms with Gasteiger partial charge in [-0.2, -0.15) is 0 Å². The Labute approximate surface area is 127 Å². The molecule has 0 saturated carbocycles. The summed E-state index contributed by atoms with van der Waals surface area (Å²) in [5, 5.41) is 3.65. The molecule has 3 nitrogen and oxygen atoms in total. The largest absolute Gasteiger partial charge is 0.310 e. The van der Waals surface area contributed by atoms with E-state index in [2.05, 4.69) is 22.2 Å². The summed E-state index contributed by atoms with van der Waals surface area (Å²) in [5.74, 6) is -0.107. The van der Waals surface area contributed by atoms with E-state index in [9.17, 15) is 4.39 Å². The van der Waals surface area contributed by atoms with E-state index in [1.165, 1.54) is 50.3 Å². The minimum atomic E-state index is -0.107. The zero-order valence-corrected chi connectivity index (χ0v) is 12.9. The van der Waals surface area contributed by atoms with Gasteiger partial charge in [-0.25, -0.2) is 4.39 Å². The average molecular weight is 291 g/mol. The standard InChI is InChI=1S/C17H26FN3/c1-20-9-11-21(12-10-20)8-2-7-19-17-6-3-14-13-15(18)4-5-16(14)17/h4-5,13,17,19H,2-3,6-12H2,1H3. The first-order valence-electron chi connectivity index (χ1n) is 8.15. The number of fused-ring (bicyclic) bond motifs is 1. The Morgan fingerprint density at radius 1 is 1.24 bits per heavy atom. The molecule has 116 valence electrons. The Morgan fingerprint density at radius 2 is 2.05 bits per heavy atom. The second kappa shape index (κ2) is 6.86. The van der Waals surface area contributed by atoms with E-state index >= 15 is 0 Å². The van der Waals surface area contributed by atoms with Gasteiger partial charge < -0.3 is 15.1 Å². The van der Waals surface area contributed by atoms with Crippen LogP contribution in [0.4, 0.5) is 4.39 Å². The average Bonchev–Trinajstić information content (AvgIpc) is 2.87. The summed E-state index contributed by atoms with van der Waals surface area (Å²) < 4.78 is 13.2. The molecular formula is C17H26FN3. The van der Waals surface area contributed by atoms with Crippen molar-refractivity contribution in [1.82, 2.24) is 15.1 Å². The predicted octanol–water partition coefficient (Wildman–Crippen LogP) is 2.04. The Morgan fingerprint density at radius 3 is 2.86 bits per heavy atom. The minimum absolute atomic E-state index is 0.107. The molecule has 1 saturated heterocycles. The van der Waals surface area contributed by atoms with Crippen LogP contribution in [-0.4, -0.2) is 56.1 Å². The topological polar surface area (TPSA) is 18.5 Å². The third-order valence-electron chi connectivity index (χ3n) is 4.82. The van der Waals surface area contributed by atoms with Crippen LogP contribution in [0.25, 0.3) is 0 Å². The number of aryl methyl sites for hydroxylation is 1. The van der Waals surface area contributed by atoms with E-state index in [1.54, 1.807) is 12.1 Å². The van der Waals surface area contributed by atoms with Crippen LogP contribution in [0, 0.1) is 5.82 Å². The van der Waals surface area contributed by atoms with Crippen LogP contribution in [0.15, 0.2) is 18.2 Å². The predicted molar refractivity (Wildman–Crippen MR) is 84.0 cm³/mol. The molecule has 1 heterocycles. The number of nitrogens with one attached hydrogen (secondary N) is 1. The van der Waals surface area contributed by atoms with Gasteiger partial charge in [-0.15, -0.1) is 0 Å². The fourth-order valence-electron chi connectivity index (χ4n) is 3.45. The molecule has 2 aliphatic rings. The van der Waals surface area contributed by atoms with Crippen LogP contribution in [0.2, 0.25) is 0 Å². The summed E-state index contributed by atoms with van der Waals surface area (Å²) in [4.78, 5) is 4.95. The number of piperazine rings is 1. The highest BCUT2D eigenvalue weighted by Crippen LogP contribution is 2.31. The van der Waals surface area contributed by atoms with E-state index in [0.717, 1.165) is 19.4 Å². The zero-order valence-electron chi connectivity index (χ0n) is 12.9. The summed E-state index contributed by atoms with van der Waals surface area (Å²) >= 11 is 0. The van der Waals surface area contributed by atoms with Gasteiger partial charge in [0.1, 0.15) is 5.82 Å². The first kappa shape index (κ1) is 14.9. The summed E-state index contributed by atoms with van der Waals surface area (Å²) in [6.07, 6.45) is 3.30. The highest BCUT2D eigenvalue weighted by Gasteiger charge is 2.22. The summed E-state index contributed by atoms with van der Waals surface area (Å²) in [6.45, 7) is 7.01. The lowest BCUT2D eigenvalue weighted by molar-refractivity contribution is 0.152. The van der Waals surface area contributed by atoms with Crippen molar-refractivity contribution in [3.63, 3.8) is 0 Å². The van der Waals surface area contributed by atoms with Gasteiger partial charge in [0, 0.05) is 32.2 Å². The highest BCUT2D eigenvalue weighted by molar-refractivity contribution is 5.34. The van der Waals surface area contributed by atoms with Crippen LogP contribution < -0.4 is 5.32 Å². The van der Waals surface area contributed by atoms with Crippen LogP contribution >= 0.6 is 0 Å². The van der Waals surface area contributed by atoms with Crippen molar-refractivity contribution in [2.75, 3.05) is 46.3 Å². The Bertz CT molecular complexity index is 469. The molecule has 1 N–H and O–H groups in total. The molecular weight excluding hydrogens is 265 g/mol. The fourth-order valence-corrected chi connectivity index (χ4v) is 3.45. The van der Waals surface area contributed by atoms with Crippen molar-refractivity contribution < 1.29 is 4.39 Å². The van der Waals surface area contributed by atoms with Crippen molar-refractivity contribution in [2.45, 2.75) is 25.3 Å². The molecule has 1 unspecified atom stereocenters. The van der Waals surface area contributed by atoms with E-state index < -0.39 is 0 Å². The summed E-state index contributed by atoms with van der Waals surface area (Å²) in [6, 6.07) is 5.66. The monoisotopic (exact) mass is 291 g/mol. The third kappa shape index (κ3) is 3.82. The van der Waals surface area contributed by atoms with E-state index in [4.69, 9.17) is 0 Å². The molecule has 1 aliphatic carbocycles. The zero-order chi connectivity index (χ0) is 14.7. The maximum absolute atomic E-state index is 13.2. The van der Waals surface area contributed by atoms with Crippen molar-refractivity contribution >= 4 is 0 Å². The molecule has 0 bridgehead atoms. The van der Waals surface area contributed by atoms with Crippen LogP contribution in [0.3, 0.4) is 0 Å². The summed E-state index contributed by atoms with van der Waals surface area (Å²) in [5.41, 5.74) is 2.49. The van der Waals surface area contributed by atoms with Gasteiger partial charge in [-0.1, -0.05) is 6.07 Å². The number of halogens is 1. The number of benzene rings is 1. The van der Waals surface area contributed by atoms with Crippen molar-refractivity contribution in [2.24, 2.45) is 0 Å². The molecule has 0 aromatic heterocycles. The molecule has 0 spiro atoms. The van der Waals surface area contributed by atoms with Gasteiger partial charge in [0.25, 0.3) is 0 Å². The SMILES string of the molecule is CN1CCN(CCCNC2CCc3cc(F)ccc32)CC1. The number of rotatable bonds is 5. The molecule has 1 aliphatic heterocycles. The summed E-state index contributed by atoms with van der Waals surface area (Å²) in [7, 11) is 2.19. The number of hydrogen-bond donors (Lipinski definition) is 1. The lowest BCUT2D eigenvalue weighted by atomic mass is 10.1. The quantitative estimate of drug-likeness (QED) is 0.838. The van der Waals surface area contributed by atoms with Crippen LogP contribution in [0.5, 0.6) is 0 Å². The normalized spacial score (nSPS) is 23.4. The maximum atomic E-state index is 13.2. The van der Waals surface area contributed by atoms with Gasteiger partial charge in [0.05, 0.1) is 0 Å². The smallest absolute Gasteiger partial charge is 0.123 e. The second-order valence-electron chi connectivity index (χ2n) is 6.39. The van der Waals surface area contributed by atoms with E-state index in [1.807, 2.05) is 6.07 Å². The van der Waals surface area contributed by atoms with Crippen molar-refractivity contribution in [3.8, 4) is 0 Å². The second-order valence-corrected chi connectivity index (χ2v) is 6.39. The van der Waals surface area contributed by atoms with Gasteiger partial charge in [-0.05, 0) is 62.7 Å². The first-order chi connectivity index (χ1) is 10.2. The molecule has 1 aromatic carbocycles. The Kier molecular flexibility index (Phi) is 4.88. The highest BCUT2D eigenvalue weighted by atomic mass is 19.1. The van der Waals surface area contributed by atoms with Gasteiger partial charge in [0.15, 0.2) is 0 Å². The fraction of sp³-hybridized carbons (Fsp3) is 0.647. The molecule has 1 fully saturated rings. The lowest BCUT2D eigenvalue weighted by Crippen LogP contribution is -2.45. The third-order valence-corrected chi connectivity index (χ3v) is 4.82. The lowest BCUT2D eigenvalue weighted by Gasteiger charge is -2.32. The Hall–Kier alpha value is -0.970. The van der Waals surface area contributed by atoms with Crippen molar-refractivity contribution in [1.29, 1.82) is 0 Å². The van der Waals surface area contributed by atoms with Crippen LogP contribution in [-0.2, 0) is 6.42 Å². The minimum Gasteiger partial charge on any atom is -0.310 e. The molecule has 0 radical (unpaired) electrons. The van der Waals surface area contributed by atoms with Gasteiger partial charge in [-0.3, -0.25) is 0 Å². The number of likely N-dealkylation sites (N-methyl/N-ethyl adjacent to an activating group) is 1. The van der Waals surface area contributed by atoms with E-state index in [-0.39, 0.29) is 5.82 Å². The maximum Gasteiger partial charge on any atom is 0.123 e. The molecule has 1 atom stereocenters. The first-order valence-corrected chi connectivity index (χ1v) is 8.15. The van der Waals surface area contributed by atoms with Gasteiger partial charge in [0.2, 0.25) is 0 Å². The van der Waals surface area contributed by atoms with Crippen LogP contribution in [0.1, 0.15) is 30.0 Å². The molecule has 0 amide bonds. The molecule has 4 heteroatoms. The molecule has 21 heavy (non-hydrogen) atoms. The van der Waals surface area contributed by atoms with Gasteiger partial charge >= 0.3 is 0 Å². The number of hydrogen-bond acceptors (Lipinski definition) is 3. The number of nitrogens with zero attached hydrogens (tertiary/aromatic N) is 2. The van der Waals surface area contributed by atoms with E-state index in [0.29, 0.717) is 6.04 Å². The molecule has 1 aromatic rings. The molecule has 3 rings (SSSR count). The Balaban J connectivity index is 1.39.